The van der Waals surface area contributed by atoms with Crippen LogP contribution in [0.5, 0.6) is 0 Å². The topological polar surface area (TPSA) is 78.9 Å². The van der Waals surface area contributed by atoms with E-state index in [9.17, 15) is 9.59 Å². The van der Waals surface area contributed by atoms with Crippen LogP contribution >= 0.6 is 0 Å². The second-order valence-corrected chi connectivity index (χ2v) is 5.91. The molecule has 1 heterocycles. The molecule has 2 N–H and O–H groups in total. The molecule has 0 aromatic carbocycles. The molecule has 0 spiro atoms. The van der Waals surface area contributed by atoms with Gasteiger partial charge in [-0.2, -0.15) is 0 Å². The van der Waals surface area contributed by atoms with Crippen LogP contribution in [-0.2, 0) is 9.53 Å². The zero-order valence-corrected chi connectivity index (χ0v) is 12.4. The number of ether oxygens (including phenoxy) is 1. The largest absolute Gasteiger partial charge is 0.478 e. The molecule has 1 unspecified atom stereocenters. The summed E-state index contributed by atoms with van der Waals surface area (Å²) in [6.07, 6.45) is 4.28. The Morgan fingerprint density at radius 2 is 2.15 bits per heavy atom. The summed E-state index contributed by atoms with van der Waals surface area (Å²) in [6.45, 7) is 7.33. The van der Waals surface area contributed by atoms with Gasteiger partial charge in [-0.25, -0.2) is 9.59 Å². The second kappa shape index (κ2) is 7.28. The molecule has 0 aromatic rings. The lowest BCUT2D eigenvalue weighted by atomic mass is 10.1. The summed E-state index contributed by atoms with van der Waals surface area (Å²) in [6, 6.07) is 0.176. The van der Waals surface area contributed by atoms with Crippen molar-refractivity contribution in [3.05, 3.63) is 12.2 Å². The molecule has 0 aliphatic carbocycles. The summed E-state index contributed by atoms with van der Waals surface area (Å²) in [5, 5.41) is 11.7. The van der Waals surface area contributed by atoms with E-state index in [1.54, 1.807) is 11.0 Å². The van der Waals surface area contributed by atoms with Crippen LogP contribution in [0.2, 0.25) is 0 Å². The van der Waals surface area contributed by atoms with Gasteiger partial charge in [0.05, 0.1) is 0 Å². The number of hydrogen-bond donors (Lipinski definition) is 2. The number of nitrogens with one attached hydrogen (secondary N) is 1. The number of carboxylic acid groups (broad SMARTS) is 1. The molecule has 6 heteroatoms. The van der Waals surface area contributed by atoms with E-state index in [4.69, 9.17) is 9.84 Å². The highest BCUT2D eigenvalue weighted by molar-refractivity contribution is 5.79. The van der Waals surface area contributed by atoms with Crippen LogP contribution in [0.3, 0.4) is 0 Å². The van der Waals surface area contributed by atoms with Gasteiger partial charge in [-0.05, 0) is 33.6 Å². The van der Waals surface area contributed by atoms with Crippen molar-refractivity contribution in [1.82, 2.24) is 10.2 Å². The Bertz CT molecular complexity index is 374. The maximum Gasteiger partial charge on any atom is 0.410 e. The lowest BCUT2D eigenvalue weighted by Gasteiger charge is -2.34. The summed E-state index contributed by atoms with van der Waals surface area (Å²) in [5.41, 5.74) is -0.484. The summed E-state index contributed by atoms with van der Waals surface area (Å²) >= 11 is 0. The zero-order valence-electron chi connectivity index (χ0n) is 12.4. The van der Waals surface area contributed by atoms with Crippen molar-refractivity contribution in [3.63, 3.8) is 0 Å². The molecule has 114 valence electrons. The van der Waals surface area contributed by atoms with E-state index >= 15 is 0 Å². The van der Waals surface area contributed by atoms with Gasteiger partial charge >= 0.3 is 12.1 Å². The number of carbonyl (C=O) groups excluding carboxylic acids is 1. The molecule has 6 nitrogen and oxygen atoms in total. The molecular weight excluding hydrogens is 260 g/mol. The Labute approximate surface area is 119 Å². The maximum atomic E-state index is 12.0. The minimum atomic E-state index is -0.953. The molecule has 0 bridgehead atoms. The molecule has 0 radical (unpaired) electrons. The van der Waals surface area contributed by atoms with Gasteiger partial charge in [0.2, 0.25) is 0 Å². The fourth-order valence-electron chi connectivity index (χ4n) is 2.03. The average Bonchev–Trinajstić information content (AvgIpc) is 2.33. The first-order valence-electron chi connectivity index (χ1n) is 6.89. The summed E-state index contributed by atoms with van der Waals surface area (Å²) < 4.78 is 5.35. The Balaban J connectivity index is 2.38. The molecule has 1 aliphatic heterocycles. The molecule has 0 aromatic heterocycles. The lowest BCUT2D eigenvalue weighted by molar-refractivity contribution is -0.131. The molecule has 1 fully saturated rings. The van der Waals surface area contributed by atoms with Crippen molar-refractivity contribution >= 4 is 12.1 Å². The van der Waals surface area contributed by atoms with E-state index in [1.165, 1.54) is 0 Å². The predicted molar refractivity (Wildman–Crippen MR) is 75.6 cm³/mol. The van der Waals surface area contributed by atoms with Gasteiger partial charge in [0, 0.05) is 31.8 Å². The summed E-state index contributed by atoms with van der Waals surface area (Å²) in [5.74, 6) is -0.953. The number of aliphatic carboxylic acids is 1. The van der Waals surface area contributed by atoms with Gasteiger partial charge in [0.25, 0.3) is 0 Å². The highest BCUT2D eigenvalue weighted by Gasteiger charge is 2.27. The van der Waals surface area contributed by atoms with Crippen molar-refractivity contribution < 1.29 is 19.4 Å². The van der Waals surface area contributed by atoms with E-state index in [0.717, 1.165) is 18.9 Å². The van der Waals surface area contributed by atoms with Crippen molar-refractivity contribution in [2.24, 2.45) is 0 Å². The van der Waals surface area contributed by atoms with Gasteiger partial charge in [0.15, 0.2) is 0 Å². The number of carboxylic acids is 1. The normalized spacial score (nSPS) is 20.1. The van der Waals surface area contributed by atoms with Crippen LogP contribution in [0.15, 0.2) is 12.2 Å². The van der Waals surface area contributed by atoms with Crippen LogP contribution < -0.4 is 5.32 Å². The minimum absolute atomic E-state index is 0.176. The second-order valence-electron chi connectivity index (χ2n) is 5.91. The Morgan fingerprint density at radius 3 is 2.75 bits per heavy atom. The third-order valence-corrected chi connectivity index (χ3v) is 2.86. The molecule has 1 aliphatic rings. The predicted octanol–water partition coefficient (Wildman–Crippen LogP) is 1.62. The molecule has 1 saturated heterocycles. The van der Waals surface area contributed by atoms with Gasteiger partial charge in [-0.3, -0.25) is 0 Å². The smallest absolute Gasteiger partial charge is 0.410 e. The first kappa shape index (κ1) is 16.5. The fraction of sp³-hybridized carbons (Fsp3) is 0.714. The highest BCUT2D eigenvalue weighted by Crippen LogP contribution is 2.15. The lowest BCUT2D eigenvalue weighted by Crippen LogP contribution is -2.49. The van der Waals surface area contributed by atoms with Gasteiger partial charge in [-0.15, -0.1) is 0 Å². The van der Waals surface area contributed by atoms with Gasteiger partial charge in [0.1, 0.15) is 5.60 Å². The molecule has 1 amide bonds. The molecule has 1 rings (SSSR count). The standard InChI is InChI=1S/C14H24N2O4/c1-14(2,3)20-13(19)16-9-5-6-11(10-16)15-8-4-7-12(17)18/h4,7,11,15H,5-6,8-10H2,1-3H3,(H,17,18)/b7-4+. The van der Waals surface area contributed by atoms with E-state index < -0.39 is 11.6 Å². The number of hydrogen-bond acceptors (Lipinski definition) is 4. The number of amides is 1. The minimum Gasteiger partial charge on any atom is -0.478 e. The monoisotopic (exact) mass is 284 g/mol. The van der Waals surface area contributed by atoms with Crippen molar-refractivity contribution in [2.75, 3.05) is 19.6 Å². The fourth-order valence-corrected chi connectivity index (χ4v) is 2.03. The molecular formula is C14H24N2O4. The Hall–Kier alpha value is -1.56. The zero-order chi connectivity index (χ0) is 15.2. The van der Waals surface area contributed by atoms with Crippen LogP contribution in [0.4, 0.5) is 4.79 Å². The summed E-state index contributed by atoms with van der Waals surface area (Å²) in [7, 11) is 0. The van der Waals surface area contributed by atoms with Crippen LogP contribution in [-0.4, -0.2) is 53.3 Å². The number of carbonyl (C=O) groups is 2. The Morgan fingerprint density at radius 1 is 1.45 bits per heavy atom. The maximum absolute atomic E-state index is 12.0. The van der Waals surface area contributed by atoms with Crippen molar-refractivity contribution in [2.45, 2.75) is 45.3 Å². The van der Waals surface area contributed by atoms with Crippen LogP contribution in [0.25, 0.3) is 0 Å². The number of rotatable bonds is 4. The van der Waals surface area contributed by atoms with Crippen LogP contribution in [0.1, 0.15) is 33.6 Å². The van der Waals surface area contributed by atoms with Gasteiger partial charge in [-0.1, -0.05) is 6.08 Å². The first-order chi connectivity index (χ1) is 9.28. The molecule has 20 heavy (non-hydrogen) atoms. The third kappa shape index (κ3) is 6.56. The number of likely N-dealkylation sites (tertiary alicyclic amines) is 1. The molecule has 0 saturated carbocycles. The molecule has 1 atom stereocenters. The number of piperidine rings is 1. The van der Waals surface area contributed by atoms with Crippen LogP contribution in [0, 0.1) is 0 Å². The number of nitrogens with zero attached hydrogens (tertiary/aromatic N) is 1. The van der Waals surface area contributed by atoms with Gasteiger partial charge < -0.3 is 20.1 Å². The van der Waals surface area contributed by atoms with Crippen molar-refractivity contribution in [3.8, 4) is 0 Å². The Kier molecular flexibility index (Phi) is 6.01. The third-order valence-electron chi connectivity index (χ3n) is 2.86. The van der Waals surface area contributed by atoms with E-state index in [-0.39, 0.29) is 12.1 Å². The highest BCUT2D eigenvalue weighted by atomic mass is 16.6. The summed E-state index contributed by atoms with van der Waals surface area (Å²) in [4.78, 5) is 24.0. The van der Waals surface area contributed by atoms with E-state index in [0.29, 0.717) is 19.6 Å². The SMILES string of the molecule is CC(C)(C)OC(=O)N1CCCC(NC/C=C/C(=O)O)C1. The van der Waals surface area contributed by atoms with E-state index in [2.05, 4.69) is 5.32 Å². The van der Waals surface area contributed by atoms with E-state index in [1.807, 2.05) is 20.8 Å². The van der Waals surface area contributed by atoms with Crippen molar-refractivity contribution in [1.29, 1.82) is 0 Å². The first-order valence-corrected chi connectivity index (χ1v) is 6.89. The quantitative estimate of drug-likeness (QED) is 0.767. The average molecular weight is 284 g/mol.